The van der Waals surface area contributed by atoms with Crippen LogP contribution in [0.1, 0.15) is 32.4 Å². The monoisotopic (exact) mass is 359 g/mol. The molecule has 2 aromatic rings. The Morgan fingerprint density at radius 3 is 2.56 bits per heavy atom. The van der Waals surface area contributed by atoms with Gasteiger partial charge >= 0.3 is 0 Å². The van der Waals surface area contributed by atoms with E-state index >= 15 is 0 Å². The van der Waals surface area contributed by atoms with Crippen molar-refractivity contribution < 1.29 is 9.53 Å². The van der Waals surface area contributed by atoms with Gasteiger partial charge in [-0.1, -0.05) is 0 Å². The van der Waals surface area contributed by atoms with Crippen LogP contribution in [0.25, 0.3) is 0 Å². The van der Waals surface area contributed by atoms with Gasteiger partial charge in [0.25, 0.3) is 5.91 Å². The number of benzene rings is 1. The molecule has 0 radical (unpaired) electrons. The highest BCUT2D eigenvalue weighted by molar-refractivity contribution is 7.11. The molecule has 1 aromatic heterocycles. The third-order valence-corrected chi connectivity index (χ3v) is 5.64. The molecule has 1 fully saturated rings. The Balaban J connectivity index is 1.60. The summed E-state index contributed by atoms with van der Waals surface area (Å²) in [4.78, 5) is 23.0. The van der Waals surface area contributed by atoms with Crippen molar-refractivity contribution in [3.8, 4) is 5.75 Å². The summed E-state index contributed by atoms with van der Waals surface area (Å²) in [6.07, 6.45) is 0.999. The zero-order chi connectivity index (χ0) is 17.8. The lowest BCUT2D eigenvalue weighted by Crippen LogP contribution is -2.35. The van der Waals surface area contributed by atoms with Crippen molar-refractivity contribution in [1.82, 2.24) is 14.8 Å². The number of thiazole rings is 1. The molecule has 0 saturated carbocycles. The minimum Gasteiger partial charge on any atom is -0.497 e. The van der Waals surface area contributed by atoms with E-state index in [0.717, 1.165) is 61.2 Å². The summed E-state index contributed by atoms with van der Waals surface area (Å²) in [7, 11) is 1.63. The molecule has 1 aromatic carbocycles. The molecule has 0 spiro atoms. The van der Waals surface area contributed by atoms with E-state index in [4.69, 9.17) is 4.74 Å². The van der Waals surface area contributed by atoms with Crippen LogP contribution >= 0.6 is 11.3 Å². The van der Waals surface area contributed by atoms with Gasteiger partial charge < -0.3 is 9.64 Å². The maximum absolute atomic E-state index is 12.7. The van der Waals surface area contributed by atoms with Gasteiger partial charge in [0.2, 0.25) is 0 Å². The average molecular weight is 359 g/mol. The van der Waals surface area contributed by atoms with Crippen LogP contribution in [-0.2, 0) is 6.54 Å². The predicted octanol–water partition coefficient (Wildman–Crippen LogP) is 3.12. The molecule has 1 aliphatic heterocycles. The molecule has 0 aliphatic carbocycles. The van der Waals surface area contributed by atoms with Gasteiger partial charge in [-0.25, -0.2) is 4.98 Å². The minimum absolute atomic E-state index is 0.106. The zero-order valence-corrected chi connectivity index (χ0v) is 15.9. The van der Waals surface area contributed by atoms with Crippen molar-refractivity contribution >= 4 is 17.2 Å². The molecule has 134 valence electrons. The van der Waals surface area contributed by atoms with E-state index in [1.807, 2.05) is 29.2 Å². The third kappa shape index (κ3) is 4.38. The average Bonchev–Trinajstić information content (AvgIpc) is 2.80. The molecule has 1 saturated heterocycles. The molecular formula is C19H25N3O2S. The lowest BCUT2D eigenvalue weighted by atomic mass is 10.2. The highest BCUT2D eigenvalue weighted by Gasteiger charge is 2.21. The Hall–Kier alpha value is -1.92. The number of ether oxygens (including phenoxy) is 1. The normalized spacial score (nSPS) is 15.9. The fourth-order valence-electron chi connectivity index (χ4n) is 3.17. The van der Waals surface area contributed by atoms with Crippen molar-refractivity contribution in [3.05, 3.63) is 45.4 Å². The molecule has 1 aliphatic rings. The van der Waals surface area contributed by atoms with Gasteiger partial charge in [0.15, 0.2) is 0 Å². The molecule has 5 nitrogen and oxygen atoms in total. The van der Waals surface area contributed by atoms with Crippen molar-refractivity contribution in [3.63, 3.8) is 0 Å². The van der Waals surface area contributed by atoms with Crippen molar-refractivity contribution in [1.29, 1.82) is 0 Å². The summed E-state index contributed by atoms with van der Waals surface area (Å²) in [5.74, 6) is 0.878. The Morgan fingerprint density at radius 2 is 1.92 bits per heavy atom. The van der Waals surface area contributed by atoms with Crippen LogP contribution in [0.2, 0.25) is 0 Å². The van der Waals surface area contributed by atoms with Crippen LogP contribution in [0.3, 0.4) is 0 Å². The van der Waals surface area contributed by atoms with Crippen molar-refractivity contribution in [2.24, 2.45) is 0 Å². The van der Waals surface area contributed by atoms with E-state index in [1.54, 1.807) is 18.4 Å². The van der Waals surface area contributed by atoms with Crippen LogP contribution in [0.15, 0.2) is 24.3 Å². The van der Waals surface area contributed by atoms with E-state index in [2.05, 4.69) is 23.7 Å². The van der Waals surface area contributed by atoms with Gasteiger partial charge in [-0.2, -0.15) is 0 Å². The van der Waals surface area contributed by atoms with Gasteiger partial charge in [-0.15, -0.1) is 11.3 Å². The molecular weight excluding hydrogens is 334 g/mol. The van der Waals surface area contributed by atoms with Crippen LogP contribution in [0.4, 0.5) is 0 Å². The summed E-state index contributed by atoms with van der Waals surface area (Å²) in [5, 5.41) is 1.12. The maximum atomic E-state index is 12.7. The number of carbonyl (C=O) groups is 1. The molecule has 0 unspecified atom stereocenters. The fraction of sp³-hybridized carbons (Fsp3) is 0.474. The van der Waals surface area contributed by atoms with Crippen LogP contribution in [0.5, 0.6) is 5.75 Å². The van der Waals surface area contributed by atoms with E-state index in [9.17, 15) is 4.79 Å². The molecule has 6 heteroatoms. The van der Waals surface area contributed by atoms with E-state index in [1.165, 1.54) is 4.88 Å². The number of amides is 1. The van der Waals surface area contributed by atoms with Crippen LogP contribution in [0, 0.1) is 13.8 Å². The first kappa shape index (κ1) is 17.9. The quantitative estimate of drug-likeness (QED) is 0.841. The van der Waals surface area contributed by atoms with Gasteiger partial charge in [0.05, 0.1) is 17.8 Å². The Labute approximate surface area is 153 Å². The predicted molar refractivity (Wildman–Crippen MR) is 100 cm³/mol. The third-order valence-electron chi connectivity index (χ3n) is 4.58. The fourth-order valence-corrected chi connectivity index (χ4v) is 4.15. The topological polar surface area (TPSA) is 45.7 Å². The number of hydrogen-bond acceptors (Lipinski definition) is 5. The highest BCUT2D eigenvalue weighted by atomic mass is 32.1. The van der Waals surface area contributed by atoms with Gasteiger partial charge in [-0.3, -0.25) is 9.69 Å². The van der Waals surface area contributed by atoms with E-state index < -0.39 is 0 Å². The van der Waals surface area contributed by atoms with Crippen molar-refractivity contribution in [2.75, 3.05) is 33.3 Å². The molecule has 2 heterocycles. The molecule has 3 rings (SSSR count). The first-order valence-corrected chi connectivity index (χ1v) is 9.47. The molecule has 0 bridgehead atoms. The second-order valence-corrected chi connectivity index (χ2v) is 7.68. The smallest absolute Gasteiger partial charge is 0.253 e. The largest absolute Gasteiger partial charge is 0.497 e. The summed E-state index contributed by atoms with van der Waals surface area (Å²) in [6.45, 7) is 8.56. The van der Waals surface area contributed by atoms with Gasteiger partial charge in [0, 0.05) is 43.2 Å². The second-order valence-electron chi connectivity index (χ2n) is 6.39. The number of rotatable bonds is 4. The maximum Gasteiger partial charge on any atom is 0.253 e. The number of methoxy groups -OCH3 is 1. The number of aryl methyl sites for hydroxylation is 2. The second kappa shape index (κ2) is 7.97. The summed E-state index contributed by atoms with van der Waals surface area (Å²) >= 11 is 1.78. The van der Waals surface area contributed by atoms with Crippen LogP contribution in [-0.4, -0.2) is 54.0 Å². The first-order chi connectivity index (χ1) is 12.1. The number of nitrogens with zero attached hydrogens (tertiary/aromatic N) is 3. The lowest BCUT2D eigenvalue weighted by molar-refractivity contribution is 0.0761. The number of hydrogen-bond donors (Lipinski definition) is 0. The Kier molecular flexibility index (Phi) is 5.71. The van der Waals surface area contributed by atoms with Gasteiger partial charge in [-0.05, 0) is 44.5 Å². The first-order valence-electron chi connectivity index (χ1n) is 8.65. The summed E-state index contributed by atoms with van der Waals surface area (Å²) < 4.78 is 5.16. The molecule has 0 atom stereocenters. The molecule has 1 amide bonds. The summed E-state index contributed by atoms with van der Waals surface area (Å²) in [6, 6.07) is 7.36. The van der Waals surface area contributed by atoms with E-state index in [0.29, 0.717) is 0 Å². The van der Waals surface area contributed by atoms with Crippen LogP contribution < -0.4 is 4.74 Å². The number of carbonyl (C=O) groups excluding carboxylic acids is 1. The standard InChI is InChI=1S/C19H25N3O2S/c1-14-18(25-15(2)20-14)13-21-9-4-10-22(12-11-21)19(23)16-5-7-17(24-3)8-6-16/h5-8H,4,9-13H2,1-3H3. The summed E-state index contributed by atoms with van der Waals surface area (Å²) in [5.41, 5.74) is 1.86. The number of aromatic nitrogens is 1. The lowest BCUT2D eigenvalue weighted by Gasteiger charge is -2.22. The Bertz CT molecular complexity index is 727. The van der Waals surface area contributed by atoms with Gasteiger partial charge in [0.1, 0.15) is 5.75 Å². The molecule has 0 N–H and O–H groups in total. The van der Waals surface area contributed by atoms with E-state index in [-0.39, 0.29) is 5.91 Å². The highest BCUT2D eigenvalue weighted by Crippen LogP contribution is 2.20. The van der Waals surface area contributed by atoms with Crippen molar-refractivity contribution in [2.45, 2.75) is 26.8 Å². The zero-order valence-electron chi connectivity index (χ0n) is 15.1. The Morgan fingerprint density at radius 1 is 1.16 bits per heavy atom. The SMILES string of the molecule is COc1ccc(C(=O)N2CCCN(Cc3sc(C)nc3C)CC2)cc1. The minimum atomic E-state index is 0.106. The molecule has 25 heavy (non-hydrogen) atoms.